The molecule has 130 valence electrons. The van der Waals surface area contributed by atoms with Crippen molar-refractivity contribution >= 4 is 37.5 Å². The smallest absolute Gasteiger partial charge is 0.0422 e. The van der Waals surface area contributed by atoms with Crippen LogP contribution in [0.5, 0.6) is 0 Å². The fourth-order valence-electron chi connectivity index (χ4n) is 4.52. The maximum absolute atomic E-state index is 3.91. The van der Waals surface area contributed by atoms with Crippen LogP contribution in [0.4, 0.5) is 5.69 Å². The van der Waals surface area contributed by atoms with E-state index in [0.29, 0.717) is 0 Å². The maximum atomic E-state index is 3.91. The molecular formula is C20H31Br2N. The molecule has 3 heteroatoms. The first-order valence-electron chi connectivity index (χ1n) is 8.41. The standard InChI is InChI=1S/C20H31Br2N/c1-17(2,3)20(18(4,5)6)12-23(19(7,8)9)14-11-10-13(21)16(22)15(14)20/h10-11H,12H2,1-9H3. The summed E-state index contributed by atoms with van der Waals surface area (Å²) >= 11 is 7.65. The molecule has 1 nitrogen and oxygen atoms in total. The fourth-order valence-corrected chi connectivity index (χ4v) is 5.52. The monoisotopic (exact) mass is 443 g/mol. The van der Waals surface area contributed by atoms with E-state index in [2.05, 4.69) is 111 Å². The molecule has 0 unspecified atom stereocenters. The van der Waals surface area contributed by atoms with E-state index in [1.165, 1.54) is 15.7 Å². The van der Waals surface area contributed by atoms with Crippen molar-refractivity contribution in [1.29, 1.82) is 0 Å². The predicted octanol–water partition coefficient (Wildman–Crippen LogP) is 7.16. The van der Waals surface area contributed by atoms with Crippen molar-refractivity contribution in [2.75, 3.05) is 11.4 Å². The van der Waals surface area contributed by atoms with Gasteiger partial charge in [0.15, 0.2) is 0 Å². The Labute approximate surface area is 159 Å². The molecule has 0 fully saturated rings. The second-order valence-electron chi connectivity index (χ2n) is 9.92. The van der Waals surface area contributed by atoms with Gasteiger partial charge in [-0.05, 0) is 81.2 Å². The first-order chi connectivity index (χ1) is 10.1. The average molecular weight is 445 g/mol. The zero-order chi connectivity index (χ0) is 18.0. The van der Waals surface area contributed by atoms with Crippen molar-refractivity contribution in [1.82, 2.24) is 0 Å². The Morgan fingerprint density at radius 3 is 1.74 bits per heavy atom. The molecule has 0 radical (unpaired) electrons. The number of rotatable bonds is 0. The Morgan fingerprint density at radius 2 is 1.35 bits per heavy atom. The van der Waals surface area contributed by atoms with Crippen molar-refractivity contribution in [3.8, 4) is 0 Å². The van der Waals surface area contributed by atoms with Crippen LogP contribution in [0.15, 0.2) is 21.1 Å². The summed E-state index contributed by atoms with van der Waals surface area (Å²) in [7, 11) is 0. The molecule has 0 aliphatic carbocycles. The van der Waals surface area contributed by atoms with Gasteiger partial charge in [0.05, 0.1) is 0 Å². The Balaban J connectivity index is 2.92. The summed E-state index contributed by atoms with van der Waals surface area (Å²) < 4.78 is 2.36. The fraction of sp³-hybridized carbons (Fsp3) is 0.700. The highest BCUT2D eigenvalue weighted by Gasteiger charge is 2.59. The number of fused-ring (bicyclic) bond motifs is 1. The molecular weight excluding hydrogens is 414 g/mol. The topological polar surface area (TPSA) is 3.24 Å². The van der Waals surface area contributed by atoms with Crippen molar-refractivity contribution in [3.63, 3.8) is 0 Å². The maximum Gasteiger partial charge on any atom is 0.0422 e. The lowest BCUT2D eigenvalue weighted by molar-refractivity contribution is 0.0629. The molecule has 1 aliphatic rings. The van der Waals surface area contributed by atoms with Crippen LogP contribution in [0.2, 0.25) is 0 Å². The highest BCUT2D eigenvalue weighted by atomic mass is 79.9. The highest BCUT2D eigenvalue weighted by Crippen LogP contribution is 2.62. The van der Waals surface area contributed by atoms with Gasteiger partial charge in [-0.25, -0.2) is 0 Å². The second-order valence-corrected chi connectivity index (χ2v) is 11.6. The summed E-state index contributed by atoms with van der Waals surface area (Å²) in [5.41, 5.74) is 3.28. The van der Waals surface area contributed by atoms with Crippen molar-refractivity contribution in [3.05, 3.63) is 26.6 Å². The zero-order valence-electron chi connectivity index (χ0n) is 16.1. The molecule has 0 atom stereocenters. The van der Waals surface area contributed by atoms with Crippen LogP contribution in [-0.2, 0) is 5.41 Å². The lowest BCUT2D eigenvalue weighted by Gasteiger charge is -2.53. The summed E-state index contributed by atoms with van der Waals surface area (Å²) in [6, 6.07) is 4.46. The van der Waals surface area contributed by atoms with E-state index in [1.807, 2.05) is 0 Å². The minimum absolute atomic E-state index is 0.0607. The van der Waals surface area contributed by atoms with Gasteiger partial charge in [0, 0.05) is 32.1 Å². The van der Waals surface area contributed by atoms with E-state index in [0.717, 1.165) is 11.0 Å². The third-order valence-electron chi connectivity index (χ3n) is 5.56. The summed E-state index contributed by atoms with van der Waals surface area (Å²) in [4.78, 5) is 2.59. The van der Waals surface area contributed by atoms with Gasteiger partial charge in [-0.2, -0.15) is 0 Å². The molecule has 2 rings (SSSR count). The third-order valence-corrected chi connectivity index (χ3v) is 7.57. The zero-order valence-corrected chi connectivity index (χ0v) is 19.2. The van der Waals surface area contributed by atoms with Crippen molar-refractivity contribution in [2.24, 2.45) is 10.8 Å². The molecule has 1 aromatic rings. The van der Waals surface area contributed by atoms with Crippen LogP contribution in [-0.4, -0.2) is 12.1 Å². The van der Waals surface area contributed by atoms with E-state index in [-0.39, 0.29) is 21.8 Å². The lowest BCUT2D eigenvalue weighted by atomic mass is 9.52. The molecule has 0 amide bonds. The Kier molecular flexibility index (Phi) is 4.61. The third kappa shape index (κ3) is 2.80. The number of anilines is 1. The van der Waals surface area contributed by atoms with Gasteiger partial charge in [-0.3, -0.25) is 0 Å². The Morgan fingerprint density at radius 1 is 0.870 bits per heavy atom. The number of nitrogens with zero attached hydrogens (tertiary/aromatic N) is 1. The van der Waals surface area contributed by atoms with E-state index >= 15 is 0 Å². The van der Waals surface area contributed by atoms with Gasteiger partial charge in [0.2, 0.25) is 0 Å². The summed E-state index contributed by atoms with van der Waals surface area (Å²) in [6.45, 7) is 22.3. The molecule has 0 N–H and O–H groups in total. The highest BCUT2D eigenvalue weighted by molar-refractivity contribution is 9.13. The molecule has 0 spiro atoms. The summed E-state index contributed by atoms with van der Waals surface area (Å²) in [5, 5.41) is 0. The molecule has 0 bridgehead atoms. The first kappa shape index (κ1) is 19.3. The largest absolute Gasteiger partial charge is 0.365 e. The van der Waals surface area contributed by atoms with Gasteiger partial charge < -0.3 is 4.90 Å². The quantitative estimate of drug-likeness (QED) is 0.410. The molecule has 1 heterocycles. The van der Waals surface area contributed by atoms with Gasteiger partial charge in [-0.1, -0.05) is 41.5 Å². The lowest BCUT2D eigenvalue weighted by Crippen LogP contribution is -2.55. The van der Waals surface area contributed by atoms with E-state index < -0.39 is 0 Å². The van der Waals surface area contributed by atoms with Gasteiger partial charge in [0.1, 0.15) is 0 Å². The van der Waals surface area contributed by atoms with Crippen molar-refractivity contribution < 1.29 is 0 Å². The molecule has 1 aliphatic heterocycles. The van der Waals surface area contributed by atoms with Gasteiger partial charge >= 0.3 is 0 Å². The van der Waals surface area contributed by atoms with Crippen LogP contribution in [0.1, 0.15) is 67.9 Å². The number of hydrogen-bond donors (Lipinski definition) is 0. The normalized spacial score (nSPS) is 18.3. The van der Waals surface area contributed by atoms with Crippen LogP contribution in [0, 0.1) is 10.8 Å². The van der Waals surface area contributed by atoms with Crippen LogP contribution in [0.25, 0.3) is 0 Å². The predicted molar refractivity (Wildman–Crippen MR) is 110 cm³/mol. The van der Waals surface area contributed by atoms with Crippen LogP contribution >= 0.6 is 31.9 Å². The molecule has 0 saturated heterocycles. The van der Waals surface area contributed by atoms with Crippen LogP contribution < -0.4 is 4.90 Å². The summed E-state index contributed by atoms with van der Waals surface area (Å²) in [6.07, 6.45) is 0. The van der Waals surface area contributed by atoms with Gasteiger partial charge in [-0.15, -0.1) is 0 Å². The van der Waals surface area contributed by atoms with Gasteiger partial charge in [0.25, 0.3) is 0 Å². The first-order valence-corrected chi connectivity index (χ1v) is 9.99. The molecule has 0 aromatic heterocycles. The summed E-state index contributed by atoms with van der Waals surface area (Å²) in [5.74, 6) is 0. The van der Waals surface area contributed by atoms with Crippen molar-refractivity contribution in [2.45, 2.75) is 73.3 Å². The number of halogens is 2. The molecule has 1 aromatic carbocycles. The average Bonchev–Trinajstić information content (AvgIpc) is 2.69. The molecule has 23 heavy (non-hydrogen) atoms. The number of benzene rings is 1. The van der Waals surface area contributed by atoms with E-state index in [9.17, 15) is 0 Å². The van der Waals surface area contributed by atoms with E-state index in [1.54, 1.807) is 0 Å². The minimum atomic E-state index is 0.0607. The molecule has 0 saturated carbocycles. The Hall–Kier alpha value is -0.0200. The van der Waals surface area contributed by atoms with Crippen LogP contribution in [0.3, 0.4) is 0 Å². The number of hydrogen-bond acceptors (Lipinski definition) is 1. The second kappa shape index (κ2) is 5.49. The van der Waals surface area contributed by atoms with E-state index in [4.69, 9.17) is 0 Å². The Bertz CT molecular complexity index is 598. The SMILES string of the molecule is CC(C)(C)N1CC(C(C)(C)C)(C(C)(C)C)c2c1ccc(Br)c2Br. The minimum Gasteiger partial charge on any atom is -0.365 e.